The Morgan fingerprint density at radius 1 is 1.05 bits per heavy atom. The van der Waals surface area contributed by atoms with E-state index in [1.807, 2.05) is 41.0 Å². The van der Waals surface area contributed by atoms with Crippen molar-refractivity contribution in [1.29, 1.82) is 0 Å². The van der Waals surface area contributed by atoms with Gasteiger partial charge in [-0.1, -0.05) is 42.0 Å². The summed E-state index contributed by atoms with van der Waals surface area (Å²) in [6, 6.07) is 18.0. The molecule has 0 fully saturated rings. The van der Waals surface area contributed by atoms with E-state index < -0.39 is 0 Å². The quantitative estimate of drug-likeness (QED) is 0.622. The van der Waals surface area contributed by atoms with Gasteiger partial charge in [-0.05, 0) is 47.2 Å². The standard InChI is InChI=1S/C17H14INO/c1-12-7-8-16-14(9-12)15(18)10-17(20)19(16)11-13-5-3-2-4-6-13/h2-10H,11H2,1H3. The summed E-state index contributed by atoms with van der Waals surface area (Å²) in [7, 11) is 0. The van der Waals surface area contributed by atoms with Crippen molar-refractivity contribution in [2.75, 3.05) is 0 Å². The summed E-state index contributed by atoms with van der Waals surface area (Å²) in [5, 5.41) is 1.14. The van der Waals surface area contributed by atoms with Gasteiger partial charge in [0.25, 0.3) is 5.56 Å². The fourth-order valence-electron chi connectivity index (χ4n) is 2.39. The van der Waals surface area contributed by atoms with Gasteiger partial charge in [0.2, 0.25) is 0 Å². The second kappa shape index (κ2) is 5.40. The minimum atomic E-state index is 0.0506. The molecule has 2 nitrogen and oxygen atoms in total. The molecule has 0 amide bonds. The van der Waals surface area contributed by atoms with Crippen molar-refractivity contribution in [3.63, 3.8) is 0 Å². The molecule has 0 radical (unpaired) electrons. The van der Waals surface area contributed by atoms with Gasteiger partial charge < -0.3 is 4.57 Å². The molecule has 0 spiro atoms. The van der Waals surface area contributed by atoms with Crippen LogP contribution in [-0.4, -0.2) is 4.57 Å². The van der Waals surface area contributed by atoms with Gasteiger partial charge in [-0.2, -0.15) is 0 Å². The maximum Gasteiger partial charge on any atom is 0.252 e. The van der Waals surface area contributed by atoms with Crippen LogP contribution in [0.25, 0.3) is 10.9 Å². The number of fused-ring (bicyclic) bond motifs is 1. The van der Waals surface area contributed by atoms with E-state index in [9.17, 15) is 4.79 Å². The highest BCUT2D eigenvalue weighted by Crippen LogP contribution is 2.21. The van der Waals surface area contributed by atoms with Crippen molar-refractivity contribution in [3.05, 3.63) is 79.6 Å². The molecule has 3 aromatic rings. The monoisotopic (exact) mass is 375 g/mol. The van der Waals surface area contributed by atoms with Crippen LogP contribution in [0.3, 0.4) is 0 Å². The molecule has 3 heteroatoms. The first-order valence-corrected chi connectivity index (χ1v) is 7.56. The maximum atomic E-state index is 12.3. The number of hydrogen-bond donors (Lipinski definition) is 0. The Bertz CT molecular complexity index is 822. The summed E-state index contributed by atoms with van der Waals surface area (Å²) in [4.78, 5) is 12.3. The van der Waals surface area contributed by atoms with Gasteiger partial charge in [0.05, 0.1) is 12.1 Å². The van der Waals surface area contributed by atoms with E-state index in [1.54, 1.807) is 6.07 Å². The minimum Gasteiger partial charge on any atom is -0.304 e. The van der Waals surface area contributed by atoms with Crippen molar-refractivity contribution >= 4 is 33.5 Å². The van der Waals surface area contributed by atoms with Crippen molar-refractivity contribution < 1.29 is 0 Å². The maximum absolute atomic E-state index is 12.3. The van der Waals surface area contributed by atoms with Gasteiger partial charge in [-0.3, -0.25) is 4.79 Å². The fraction of sp³-hybridized carbons (Fsp3) is 0.118. The molecule has 0 atom stereocenters. The molecule has 1 aromatic heterocycles. The molecule has 20 heavy (non-hydrogen) atoms. The van der Waals surface area contributed by atoms with Crippen LogP contribution in [-0.2, 0) is 6.54 Å². The van der Waals surface area contributed by atoms with Gasteiger partial charge in [-0.25, -0.2) is 0 Å². The predicted molar refractivity (Wildman–Crippen MR) is 91.2 cm³/mol. The van der Waals surface area contributed by atoms with E-state index in [0.717, 1.165) is 20.0 Å². The van der Waals surface area contributed by atoms with Gasteiger partial charge >= 0.3 is 0 Å². The Morgan fingerprint density at radius 3 is 2.55 bits per heavy atom. The van der Waals surface area contributed by atoms with Crippen LogP contribution in [0.4, 0.5) is 0 Å². The lowest BCUT2D eigenvalue weighted by Crippen LogP contribution is -2.21. The average molecular weight is 375 g/mol. The number of halogens is 1. The first-order chi connectivity index (χ1) is 9.65. The third-order valence-electron chi connectivity index (χ3n) is 3.40. The molecular formula is C17H14INO. The lowest BCUT2D eigenvalue weighted by molar-refractivity contribution is 0.793. The van der Waals surface area contributed by atoms with Gasteiger partial charge in [-0.15, -0.1) is 0 Å². The van der Waals surface area contributed by atoms with Crippen LogP contribution in [0.5, 0.6) is 0 Å². The van der Waals surface area contributed by atoms with Gasteiger partial charge in [0, 0.05) is 15.0 Å². The number of nitrogens with zero attached hydrogens (tertiary/aromatic N) is 1. The normalized spacial score (nSPS) is 10.9. The highest BCUT2D eigenvalue weighted by atomic mass is 127. The van der Waals surface area contributed by atoms with Crippen molar-refractivity contribution in [2.45, 2.75) is 13.5 Å². The summed E-state index contributed by atoms with van der Waals surface area (Å²) in [5.74, 6) is 0. The van der Waals surface area contributed by atoms with Crippen LogP contribution in [0.15, 0.2) is 59.4 Å². The summed E-state index contributed by atoms with van der Waals surface area (Å²) in [5.41, 5.74) is 3.39. The number of rotatable bonds is 2. The smallest absolute Gasteiger partial charge is 0.252 e. The fourth-order valence-corrected chi connectivity index (χ4v) is 3.09. The molecule has 2 aromatic carbocycles. The van der Waals surface area contributed by atoms with Gasteiger partial charge in [0.15, 0.2) is 0 Å². The molecule has 0 saturated carbocycles. The zero-order valence-corrected chi connectivity index (χ0v) is 13.3. The second-order valence-corrected chi connectivity index (χ2v) is 6.09. The largest absolute Gasteiger partial charge is 0.304 e. The van der Waals surface area contributed by atoms with Crippen LogP contribution < -0.4 is 5.56 Å². The lowest BCUT2D eigenvalue weighted by Gasteiger charge is -2.12. The number of aromatic nitrogens is 1. The zero-order valence-electron chi connectivity index (χ0n) is 11.1. The molecule has 0 N–H and O–H groups in total. The predicted octanol–water partition coefficient (Wildman–Crippen LogP) is 3.96. The first kappa shape index (κ1) is 13.4. The van der Waals surface area contributed by atoms with Crippen LogP contribution in [0.2, 0.25) is 0 Å². The molecule has 3 rings (SSSR count). The van der Waals surface area contributed by atoms with E-state index in [4.69, 9.17) is 0 Å². The molecule has 1 heterocycles. The topological polar surface area (TPSA) is 22.0 Å². The molecule has 0 saturated heterocycles. The number of hydrogen-bond acceptors (Lipinski definition) is 1. The second-order valence-electron chi connectivity index (χ2n) is 4.92. The number of benzene rings is 2. The first-order valence-electron chi connectivity index (χ1n) is 6.49. The van der Waals surface area contributed by atoms with Crippen LogP contribution >= 0.6 is 22.6 Å². The Kier molecular flexibility index (Phi) is 3.61. The molecule has 0 aliphatic heterocycles. The summed E-state index contributed by atoms with van der Waals surface area (Å²) in [6.07, 6.45) is 0. The van der Waals surface area contributed by atoms with E-state index in [-0.39, 0.29) is 5.56 Å². The zero-order chi connectivity index (χ0) is 14.1. The third kappa shape index (κ3) is 2.50. The minimum absolute atomic E-state index is 0.0506. The van der Waals surface area contributed by atoms with E-state index in [0.29, 0.717) is 6.54 Å². The van der Waals surface area contributed by atoms with Crippen molar-refractivity contribution in [3.8, 4) is 0 Å². The Hall–Kier alpha value is -1.62. The Labute approximate surface area is 131 Å². The summed E-state index contributed by atoms with van der Waals surface area (Å²) < 4.78 is 2.85. The Balaban J connectivity index is 2.22. The molecule has 0 aliphatic rings. The van der Waals surface area contributed by atoms with E-state index >= 15 is 0 Å². The van der Waals surface area contributed by atoms with Crippen molar-refractivity contribution in [1.82, 2.24) is 4.57 Å². The molecule has 0 aliphatic carbocycles. The molecule has 100 valence electrons. The lowest BCUT2D eigenvalue weighted by atomic mass is 10.1. The van der Waals surface area contributed by atoms with Gasteiger partial charge in [0.1, 0.15) is 0 Å². The number of pyridine rings is 1. The summed E-state index contributed by atoms with van der Waals surface area (Å²) in [6.45, 7) is 2.68. The third-order valence-corrected chi connectivity index (χ3v) is 4.29. The van der Waals surface area contributed by atoms with Crippen LogP contribution in [0, 0.1) is 10.5 Å². The van der Waals surface area contributed by atoms with E-state index in [2.05, 4.69) is 41.6 Å². The highest BCUT2D eigenvalue weighted by molar-refractivity contribution is 14.1. The molecule has 0 bridgehead atoms. The molecule has 0 unspecified atom stereocenters. The molecular weight excluding hydrogens is 361 g/mol. The summed E-state index contributed by atoms with van der Waals surface area (Å²) >= 11 is 2.23. The van der Waals surface area contributed by atoms with E-state index in [1.165, 1.54) is 5.56 Å². The highest BCUT2D eigenvalue weighted by Gasteiger charge is 2.07. The Morgan fingerprint density at radius 2 is 1.80 bits per heavy atom. The average Bonchev–Trinajstić information content (AvgIpc) is 2.45. The number of aryl methyl sites for hydroxylation is 1. The van der Waals surface area contributed by atoms with Crippen molar-refractivity contribution in [2.24, 2.45) is 0 Å². The van der Waals surface area contributed by atoms with Crippen LogP contribution in [0.1, 0.15) is 11.1 Å². The SMILES string of the molecule is Cc1ccc2c(c1)c(I)cc(=O)n2Cc1ccccc1.